The lowest BCUT2D eigenvalue weighted by Crippen LogP contribution is -2.13. The second kappa shape index (κ2) is 5.76. The first kappa shape index (κ1) is 14.5. The highest BCUT2D eigenvalue weighted by atomic mass is 32.1. The van der Waals surface area contributed by atoms with Crippen molar-refractivity contribution >= 4 is 32.6 Å². The SMILES string of the molecule is COc1ccc2nc(NC(=O)c3ocnc3C(C)C)sc2c1. The lowest BCUT2D eigenvalue weighted by molar-refractivity contribution is 0.0995. The Morgan fingerprint density at radius 3 is 2.95 bits per heavy atom. The zero-order valence-electron chi connectivity index (χ0n) is 12.4. The fourth-order valence-corrected chi connectivity index (χ4v) is 2.96. The van der Waals surface area contributed by atoms with Gasteiger partial charge in [0.2, 0.25) is 5.76 Å². The zero-order chi connectivity index (χ0) is 15.7. The minimum Gasteiger partial charge on any atom is -0.497 e. The summed E-state index contributed by atoms with van der Waals surface area (Å²) in [5.41, 5.74) is 1.45. The fourth-order valence-electron chi connectivity index (χ4n) is 2.08. The molecule has 6 nitrogen and oxygen atoms in total. The number of aromatic nitrogens is 2. The van der Waals surface area contributed by atoms with Crippen molar-refractivity contribution in [3.05, 3.63) is 36.0 Å². The standard InChI is InChI=1S/C15H15N3O3S/c1-8(2)12-13(21-7-16-12)14(19)18-15-17-10-5-4-9(20-3)6-11(10)22-15/h4-8H,1-3H3,(H,17,18,19). The summed E-state index contributed by atoms with van der Waals surface area (Å²) in [6.07, 6.45) is 1.29. The number of fused-ring (bicyclic) bond motifs is 1. The Hall–Kier alpha value is -2.41. The van der Waals surface area contributed by atoms with Crippen molar-refractivity contribution < 1.29 is 13.9 Å². The van der Waals surface area contributed by atoms with Gasteiger partial charge in [-0.05, 0) is 24.1 Å². The number of ether oxygens (including phenoxy) is 1. The summed E-state index contributed by atoms with van der Waals surface area (Å²) in [6.45, 7) is 3.91. The van der Waals surface area contributed by atoms with Crippen LogP contribution in [0.5, 0.6) is 5.75 Å². The number of hydrogen-bond donors (Lipinski definition) is 1. The molecular weight excluding hydrogens is 302 g/mol. The van der Waals surface area contributed by atoms with E-state index in [1.165, 1.54) is 17.7 Å². The molecule has 0 spiro atoms. The molecule has 2 aromatic heterocycles. The van der Waals surface area contributed by atoms with Gasteiger partial charge in [0.15, 0.2) is 11.5 Å². The fraction of sp³-hybridized carbons (Fsp3) is 0.267. The van der Waals surface area contributed by atoms with E-state index in [-0.39, 0.29) is 17.6 Å². The monoisotopic (exact) mass is 317 g/mol. The number of hydrogen-bond acceptors (Lipinski definition) is 6. The van der Waals surface area contributed by atoms with Crippen LogP contribution < -0.4 is 10.1 Å². The van der Waals surface area contributed by atoms with Crippen LogP contribution >= 0.6 is 11.3 Å². The zero-order valence-corrected chi connectivity index (χ0v) is 13.2. The second-order valence-electron chi connectivity index (χ2n) is 5.03. The van der Waals surface area contributed by atoms with Crippen LogP contribution in [0.1, 0.15) is 36.0 Å². The van der Waals surface area contributed by atoms with Crippen LogP contribution in [-0.4, -0.2) is 23.0 Å². The van der Waals surface area contributed by atoms with Gasteiger partial charge in [0, 0.05) is 0 Å². The van der Waals surface area contributed by atoms with Crippen molar-refractivity contribution in [2.24, 2.45) is 0 Å². The molecule has 0 aliphatic carbocycles. The molecule has 22 heavy (non-hydrogen) atoms. The van der Waals surface area contributed by atoms with E-state index in [2.05, 4.69) is 15.3 Å². The summed E-state index contributed by atoms with van der Waals surface area (Å²) in [5.74, 6) is 0.754. The predicted molar refractivity (Wildman–Crippen MR) is 84.7 cm³/mol. The predicted octanol–water partition coefficient (Wildman–Crippen LogP) is 3.67. The molecule has 0 radical (unpaired) electrons. The molecule has 0 saturated heterocycles. The van der Waals surface area contributed by atoms with Crippen molar-refractivity contribution in [2.75, 3.05) is 12.4 Å². The number of carbonyl (C=O) groups is 1. The molecule has 0 fully saturated rings. The number of methoxy groups -OCH3 is 1. The molecule has 114 valence electrons. The molecule has 2 heterocycles. The smallest absolute Gasteiger partial charge is 0.295 e. The molecule has 1 amide bonds. The maximum absolute atomic E-state index is 12.3. The molecule has 7 heteroatoms. The number of nitrogens with one attached hydrogen (secondary N) is 1. The summed E-state index contributed by atoms with van der Waals surface area (Å²) in [7, 11) is 1.61. The molecule has 0 aliphatic heterocycles. The summed E-state index contributed by atoms with van der Waals surface area (Å²) in [5, 5.41) is 3.27. The van der Waals surface area contributed by atoms with Crippen LogP contribution in [0, 0.1) is 0 Å². The number of nitrogens with zero attached hydrogens (tertiary/aromatic N) is 2. The van der Waals surface area contributed by atoms with E-state index in [1.54, 1.807) is 7.11 Å². The van der Waals surface area contributed by atoms with Gasteiger partial charge in [-0.25, -0.2) is 9.97 Å². The van der Waals surface area contributed by atoms with Gasteiger partial charge >= 0.3 is 0 Å². The number of benzene rings is 1. The molecular formula is C15H15N3O3S. The maximum atomic E-state index is 12.3. The van der Waals surface area contributed by atoms with E-state index < -0.39 is 0 Å². The lowest BCUT2D eigenvalue weighted by Gasteiger charge is -2.03. The third-order valence-corrected chi connectivity index (χ3v) is 4.10. The Bertz CT molecular complexity index is 822. The number of anilines is 1. The first-order valence-electron chi connectivity index (χ1n) is 6.78. The van der Waals surface area contributed by atoms with Crippen LogP contribution in [0.15, 0.2) is 29.0 Å². The van der Waals surface area contributed by atoms with Crippen molar-refractivity contribution in [3.63, 3.8) is 0 Å². The Morgan fingerprint density at radius 1 is 1.41 bits per heavy atom. The van der Waals surface area contributed by atoms with E-state index >= 15 is 0 Å². The first-order valence-corrected chi connectivity index (χ1v) is 7.59. The van der Waals surface area contributed by atoms with Crippen LogP contribution in [0.4, 0.5) is 5.13 Å². The summed E-state index contributed by atoms with van der Waals surface area (Å²) in [4.78, 5) is 20.8. The average Bonchev–Trinajstić information content (AvgIpc) is 3.12. The third kappa shape index (κ3) is 2.67. The minimum atomic E-state index is -0.341. The number of rotatable bonds is 4. The molecule has 0 atom stereocenters. The largest absolute Gasteiger partial charge is 0.497 e. The van der Waals surface area contributed by atoms with E-state index in [0.717, 1.165) is 16.0 Å². The van der Waals surface area contributed by atoms with Crippen LogP contribution in [0.25, 0.3) is 10.2 Å². The maximum Gasteiger partial charge on any atom is 0.295 e. The topological polar surface area (TPSA) is 77.2 Å². The second-order valence-corrected chi connectivity index (χ2v) is 6.06. The van der Waals surface area contributed by atoms with Crippen LogP contribution in [0.2, 0.25) is 0 Å². The van der Waals surface area contributed by atoms with Crippen molar-refractivity contribution in [1.82, 2.24) is 9.97 Å². The molecule has 0 bridgehead atoms. The molecule has 0 saturated carbocycles. The highest BCUT2D eigenvalue weighted by molar-refractivity contribution is 7.22. The molecule has 3 aromatic rings. The molecule has 0 unspecified atom stereocenters. The van der Waals surface area contributed by atoms with Gasteiger partial charge in [-0.2, -0.15) is 0 Å². The van der Waals surface area contributed by atoms with Crippen LogP contribution in [-0.2, 0) is 0 Å². The third-order valence-electron chi connectivity index (χ3n) is 3.16. The summed E-state index contributed by atoms with van der Waals surface area (Å²) < 4.78 is 11.3. The molecule has 3 rings (SSSR count). The number of oxazole rings is 1. The van der Waals surface area contributed by atoms with Gasteiger partial charge in [0.05, 0.1) is 23.0 Å². The molecule has 0 aliphatic rings. The minimum absolute atomic E-state index is 0.110. The van der Waals surface area contributed by atoms with Crippen molar-refractivity contribution in [3.8, 4) is 5.75 Å². The van der Waals surface area contributed by atoms with E-state index in [0.29, 0.717) is 10.8 Å². The van der Waals surface area contributed by atoms with Crippen molar-refractivity contribution in [1.29, 1.82) is 0 Å². The van der Waals surface area contributed by atoms with Gasteiger partial charge in [-0.3, -0.25) is 10.1 Å². The van der Waals surface area contributed by atoms with E-state index in [1.807, 2.05) is 32.0 Å². The van der Waals surface area contributed by atoms with Gasteiger partial charge < -0.3 is 9.15 Å². The summed E-state index contributed by atoms with van der Waals surface area (Å²) in [6, 6.07) is 5.58. The van der Waals surface area contributed by atoms with Crippen molar-refractivity contribution in [2.45, 2.75) is 19.8 Å². The van der Waals surface area contributed by atoms with Gasteiger partial charge in [0.25, 0.3) is 5.91 Å². The normalized spacial score (nSPS) is 11.1. The lowest BCUT2D eigenvalue weighted by atomic mass is 10.1. The Kier molecular flexibility index (Phi) is 3.81. The number of carbonyl (C=O) groups excluding carboxylic acids is 1. The molecule has 1 N–H and O–H groups in total. The van der Waals surface area contributed by atoms with Gasteiger partial charge in [-0.15, -0.1) is 0 Å². The van der Waals surface area contributed by atoms with Gasteiger partial charge in [0.1, 0.15) is 5.75 Å². The first-order chi connectivity index (χ1) is 10.6. The van der Waals surface area contributed by atoms with Gasteiger partial charge in [-0.1, -0.05) is 25.2 Å². The highest BCUT2D eigenvalue weighted by Crippen LogP contribution is 2.29. The highest BCUT2D eigenvalue weighted by Gasteiger charge is 2.20. The number of thiazole rings is 1. The quantitative estimate of drug-likeness (QED) is 0.794. The van der Waals surface area contributed by atoms with Crippen LogP contribution in [0.3, 0.4) is 0 Å². The van der Waals surface area contributed by atoms with E-state index in [4.69, 9.17) is 9.15 Å². The van der Waals surface area contributed by atoms with E-state index in [9.17, 15) is 4.79 Å². The average molecular weight is 317 g/mol. The molecule has 1 aromatic carbocycles. The Labute approximate surface area is 131 Å². The Balaban J connectivity index is 1.86. The number of amides is 1. The Morgan fingerprint density at radius 2 is 2.23 bits per heavy atom. The summed E-state index contributed by atoms with van der Waals surface area (Å²) >= 11 is 1.38.